The maximum Gasteiger partial charge on any atom is 0.121 e. The van der Waals surface area contributed by atoms with Crippen LogP contribution in [-0.4, -0.2) is 28.0 Å². The highest BCUT2D eigenvalue weighted by molar-refractivity contribution is 5.75. The molecule has 1 N–H and O–H groups in total. The molecule has 1 aromatic heterocycles. The highest BCUT2D eigenvalue weighted by Crippen LogP contribution is 2.22. The fraction of sp³-hybridized carbons (Fsp3) is 0.588. The number of hydrogen-bond donors (Lipinski definition) is 1. The molecule has 2 aromatic rings. The lowest BCUT2D eigenvalue weighted by molar-refractivity contribution is 0.132. The number of imidazole rings is 1. The van der Waals surface area contributed by atoms with E-state index >= 15 is 0 Å². The smallest absolute Gasteiger partial charge is 0.121 e. The Morgan fingerprint density at radius 1 is 1.25 bits per heavy atom. The van der Waals surface area contributed by atoms with Crippen LogP contribution in [-0.2, 0) is 13.0 Å². The van der Waals surface area contributed by atoms with Crippen molar-refractivity contribution in [3.63, 3.8) is 0 Å². The summed E-state index contributed by atoms with van der Waals surface area (Å²) in [5, 5.41) is 0. The molecule has 1 fully saturated rings. The Bertz CT molecular complexity index is 577. The minimum Gasteiger partial charge on any atom is -0.341 e. The van der Waals surface area contributed by atoms with Crippen LogP contribution in [0.5, 0.6) is 0 Å². The SMILES string of the molecule is CCc1ccc2nc(CN3CC(C)CC(C)C3)[nH]c2c1. The molecule has 20 heavy (non-hydrogen) atoms. The molecule has 3 rings (SSSR count). The second-order valence-electron chi connectivity index (χ2n) is 6.53. The van der Waals surface area contributed by atoms with Crippen molar-refractivity contribution >= 4 is 11.0 Å². The second kappa shape index (κ2) is 5.57. The van der Waals surface area contributed by atoms with E-state index in [9.17, 15) is 0 Å². The molecule has 2 atom stereocenters. The summed E-state index contributed by atoms with van der Waals surface area (Å²) in [6, 6.07) is 6.54. The fourth-order valence-corrected chi connectivity index (χ4v) is 3.54. The summed E-state index contributed by atoms with van der Waals surface area (Å²) in [7, 11) is 0. The number of H-pyrrole nitrogens is 1. The zero-order chi connectivity index (χ0) is 14.1. The van der Waals surface area contributed by atoms with E-state index in [1.54, 1.807) is 0 Å². The Morgan fingerprint density at radius 3 is 2.70 bits per heavy atom. The van der Waals surface area contributed by atoms with Crippen LogP contribution in [0.15, 0.2) is 18.2 Å². The van der Waals surface area contributed by atoms with E-state index in [1.807, 2.05) is 0 Å². The molecule has 0 saturated carbocycles. The van der Waals surface area contributed by atoms with E-state index in [-0.39, 0.29) is 0 Å². The fourth-order valence-electron chi connectivity index (χ4n) is 3.54. The standard InChI is InChI=1S/C17H25N3/c1-4-14-5-6-15-16(8-14)19-17(18-15)11-20-9-12(2)7-13(3)10-20/h5-6,8,12-13H,4,7,9-11H2,1-3H3,(H,18,19). The molecule has 1 saturated heterocycles. The number of nitrogens with zero attached hydrogens (tertiary/aromatic N) is 2. The van der Waals surface area contributed by atoms with Crippen molar-refractivity contribution in [1.29, 1.82) is 0 Å². The van der Waals surface area contributed by atoms with Crippen molar-refractivity contribution in [2.45, 2.75) is 40.2 Å². The van der Waals surface area contributed by atoms with E-state index in [0.29, 0.717) is 0 Å². The summed E-state index contributed by atoms with van der Waals surface area (Å²) < 4.78 is 0. The first-order valence-electron chi connectivity index (χ1n) is 7.84. The molecule has 0 bridgehead atoms. The van der Waals surface area contributed by atoms with Crippen molar-refractivity contribution in [3.05, 3.63) is 29.6 Å². The van der Waals surface area contributed by atoms with Gasteiger partial charge in [-0.2, -0.15) is 0 Å². The van der Waals surface area contributed by atoms with Gasteiger partial charge in [0.15, 0.2) is 0 Å². The van der Waals surface area contributed by atoms with E-state index in [4.69, 9.17) is 4.98 Å². The van der Waals surface area contributed by atoms with Gasteiger partial charge in [0.1, 0.15) is 5.82 Å². The zero-order valence-corrected chi connectivity index (χ0v) is 12.8. The van der Waals surface area contributed by atoms with E-state index in [2.05, 4.69) is 48.9 Å². The van der Waals surface area contributed by atoms with Crippen molar-refractivity contribution in [2.24, 2.45) is 11.8 Å². The molecule has 1 aromatic carbocycles. The van der Waals surface area contributed by atoms with Crippen molar-refractivity contribution in [3.8, 4) is 0 Å². The first-order chi connectivity index (χ1) is 9.64. The monoisotopic (exact) mass is 271 g/mol. The van der Waals surface area contributed by atoms with Gasteiger partial charge in [-0.15, -0.1) is 0 Å². The molecule has 0 spiro atoms. The van der Waals surface area contributed by atoms with Crippen molar-refractivity contribution in [2.75, 3.05) is 13.1 Å². The van der Waals surface area contributed by atoms with Crippen LogP contribution >= 0.6 is 0 Å². The van der Waals surface area contributed by atoms with Gasteiger partial charge in [0.2, 0.25) is 0 Å². The quantitative estimate of drug-likeness (QED) is 0.925. The topological polar surface area (TPSA) is 31.9 Å². The van der Waals surface area contributed by atoms with Gasteiger partial charge in [-0.05, 0) is 42.4 Å². The van der Waals surface area contributed by atoms with Gasteiger partial charge in [-0.3, -0.25) is 4.90 Å². The molecule has 2 heterocycles. The molecule has 0 radical (unpaired) electrons. The Hall–Kier alpha value is -1.35. The minimum atomic E-state index is 0.801. The van der Waals surface area contributed by atoms with Crippen LogP contribution in [0.3, 0.4) is 0 Å². The largest absolute Gasteiger partial charge is 0.341 e. The van der Waals surface area contributed by atoms with Crippen LogP contribution in [0, 0.1) is 11.8 Å². The lowest BCUT2D eigenvalue weighted by Gasteiger charge is -2.34. The van der Waals surface area contributed by atoms with Crippen LogP contribution in [0.2, 0.25) is 0 Å². The Balaban J connectivity index is 1.77. The molecular weight excluding hydrogens is 246 g/mol. The number of rotatable bonds is 3. The molecule has 1 aliphatic rings. The number of nitrogens with one attached hydrogen (secondary N) is 1. The van der Waals surface area contributed by atoms with Crippen molar-refractivity contribution in [1.82, 2.24) is 14.9 Å². The number of aromatic amines is 1. The summed E-state index contributed by atoms with van der Waals surface area (Å²) in [4.78, 5) is 10.8. The molecule has 1 aliphatic heterocycles. The molecule has 2 unspecified atom stereocenters. The summed E-state index contributed by atoms with van der Waals surface area (Å²) in [6.07, 6.45) is 2.43. The summed E-state index contributed by atoms with van der Waals surface area (Å²) in [6.45, 7) is 10.2. The highest BCUT2D eigenvalue weighted by Gasteiger charge is 2.22. The average molecular weight is 271 g/mol. The summed E-state index contributed by atoms with van der Waals surface area (Å²) in [5.41, 5.74) is 3.64. The van der Waals surface area contributed by atoms with Gasteiger partial charge in [-0.25, -0.2) is 4.98 Å². The summed E-state index contributed by atoms with van der Waals surface area (Å²) in [5.74, 6) is 2.71. The zero-order valence-electron chi connectivity index (χ0n) is 12.8. The molecule has 108 valence electrons. The Morgan fingerprint density at radius 2 is 2.00 bits per heavy atom. The number of aromatic nitrogens is 2. The van der Waals surface area contributed by atoms with Crippen LogP contribution in [0.1, 0.15) is 38.6 Å². The minimum absolute atomic E-state index is 0.801. The normalized spacial score (nSPS) is 24.4. The predicted molar refractivity (Wildman–Crippen MR) is 83.7 cm³/mol. The first kappa shape index (κ1) is 13.6. The van der Waals surface area contributed by atoms with Crippen LogP contribution in [0.25, 0.3) is 11.0 Å². The molecular formula is C17H25N3. The van der Waals surface area contributed by atoms with Crippen LogP contribution < -0.4 is 0 Å². The summed E-state index contributed by atoms with van der Waals surface area (Å²) >= 11 is 0. The molecule has 3 nitrogen and oxygen atoms in total. The van der Waals surface area contributed by atoms with Gasteiger partial charge in [-0.1, -0.05) is 26.8 Å². The third-order valence-electron chi connectivity index (χ3n) is 4.32. The number of benzene rings is 1. The van der Waals surface area contributed by atoms with Gasteiger partial charge in [0, 0.05) is 13.1 Å². The highest BCUT2D eigenvalue weighted by atomic mass is 15.2. The molecule has 0 aliphatic carbocycles. The van der Waals surface area contributed by atoms with E-state index in [1.165, 1.54) is 30.6 Å². The third kappa shape index (κ3) is 2.88. The molecule has 3 heteroatoms. The number of hydrogen-bond acceptors (Lipinski definition) is 2. The van der Waals surface area contributed by atoms with Gasteiger partial charge in [0.05, 0.1) is 17.6 Å². The number of likely N-dealkylation sites (tertiary alicyclic amines) is 1. The molecule has 0 amide bonds. The lowest BCUT2D eigenvalue weighted by Crippen LogP contribution is -2.38. The van der Waals surface area contributed by atoms with Gasteiger partial charge in [0.25, 0.3) is 0 Å². The van der Waals surface area contributed by atoms with E-state index < -0.39 is 0 Å². The second-order valence-corrected chi connectivity index (χ2v) is 6.53. The average Bonchev–Trinajstić information content (AvgIpc) is 2.78. The lowest BCUT2D eigenvalue weighted by atomic mass is 9.92. The Kier molecular flexibility index (Phi) is 3.79. The first-order valence-corrected chi connectivity index (χ1v) is 7.84. The number of piperidine rings is 1. The van der Waals surface area contributed by atoms with Crippen LogP contribution in [0.4, 0.5) is 0 Å². The predicted octanol–water partition coefficient (Wildman–Crippen LogP) is 3.60. The maximum atomic E-state index is 4.74. The Labute approximate surface area is 121 Å². The number of fused-ring (bicyclic) bond motifs is 1. The van der Waals surface area contributed by atoms with Gasteiger partial charge < -0.3 is 4.98 Å². The van der Waals surface area contributed by atoms with Crippen molar-refractivity contribution < 1.29 is 0 Å². The maximum absolute atomic E-state index is 4.74. The number of aryl methyl sites for hydroxylation is 1. The van der Waals surface area contributed by atoms with Gasteiger partial charge >= 0.3 is 0 Å². The third-order valence-corrected chi connectivity index (χ3v) is 4.32. The van der Waals surface area contributed by atoms with E-state index in [0.717, 1.165) is 36.1 Å².